The summed E-state index contributed by atoms with van der Waals surface area (Å²) in [5.41, 5.74) is 3.80. The number of hydrogen-bond donors (Lipinski definition) is 2. The van der Waals surface area contributed by atoms with Gasteiger partial charge in [0.1, 0.15) is 6.04 Å². The summed E-state index contributed by atoms with van der Waals surface area (Å²) in [5.74, 6) is 1.27. The van der Waals surface area contributed by atoms with Gasteiger partial charge < -0.3 is 19.9 Å². The van der Waals surface area contributed by atoms with E-state index in [2.05, 4.69) is 77.3 Å². The molecule has 1 heterocycles. The van der Waals surface area contributed by atoms with Crippen molar-refractivity contribution in [1.82, 2.24) is 10.6 Å². The minimum absolute atomic E-state index is 0.00130. The first-order chi connectivity index (χ1) is 20.5. The number of carbonyl (C=O) groups excluding carboxylic acids is 2. The fourth-order valence-corrected chi connectivity index (χ4v) is 7.75. The lowest BCUT2D eigenvalue weighted by Gasteiger charge is -2.47. The Bertz CT molecular complexity index is 1270. The molecule has 1 saturated carbocycles. The molecule has 8 atom stereocenters. The van der Waals surface area contributed by atoms with Crippen molar-refractivity contribution in [1.29, 1.82) is 0 Å². The SMILES string of the molecule is CC(C)C[C@@H](NC(=O)[C@H](Cc1ccccc1)NC(=O)C1=C2C(=CC=CC2C)CCC1)B1O[C@H]2CC(C)C(C)C(C)[C@@]2(C)O1. The molecule has 43 heavy (non-hydrogen) atoms. The van der Waals surface area contributed by atoms with Crippen molar-refractivity contribution < 1.29 is 18.9 Å². The number of nitrogens with one attached hydrogen (secondary N) is 2. The van der Waals surface area contributed by atoms with Gasteiger partial charge in [0.15, 0.2) is 0 Å². The van der Waals surface area contributed by atoms with E-state index in [1.165, 1.54) is 5.57 Å². The number of allylic oxidation sites excluding steroid dienone is 5. The van der Waals surface area contributed by atoms with Crippen LogP contribution in [-0.2, 0) is 25.3 Å². The van der Waals surface area contributed by atoms with Crippen LogP contribution in [-0.4, -0.2) is 42.6 Å². The molecule has 1 aromatic carbocycles. The van der Waals surface area contributed by atoms with E-state index < -0.39 is 13.2 Å². The van der Waals surface area contributed by atoms with Crippen molar-refractivity contribution >= 4 is 18.9 Å². The summed E-state index contributed by atoms with van der Waals surface area (Å²) in [6.45, 7) is 15.5. The normalized spacial score (nSPS) is 31.7. The molecule has 2 N–H and O–H groups in total. The molecule has 1 aromatic rings. The lowest BCUT2D eigenvalue weighted by molar-refractivity contribution is -0.127. The van der Waals surface area contributed by atoms with Crippen molar-refractivity contribution in [2.45, 2.75) is 111 Å². The number of hydrogen-bond acceptors (Lipinski definition) is 4. The van der Waals surface area contributed by atoms with Crippen LogP contribution in [0.4, 0.5) is 0 Å². The third kappa shape index (κ3) is 6.73. The molecule has 2 amide bonds. The summed E-state index contributed by atoms with van der Waals surface area (Å²) in [6.07, 6.45) is 11.1. The maximum atomic E-state index is 14.1. The van der Waals surface area contributed by atoms with Crippen LogP contribution in [0.1, 0.15) is 86.1 Å². The second-order valence-corrected chi connectivity index (χ2v) is 14.2. The van der Waals surface area contributed by atoms with Gasteiger partial charge in [0.25, 0.3) is 0 Å². The Balaban J connectivity index is 1.38. The van der Waals surface area contributed by atoms with Crippen molar-refractivity contribution in [3.63, 3.8) is 0 Å². The van der Waals surface area contributed by atoms with Gasteiger partial charge in [-0.25, -0.2) is 0 Å². The highest BCUT2D eigenvalue weighted by Crippen LogP contribution is 2.48. The van der Waals surface area contributed by atoms with Gasteiger partial charge in [-0.2, -0.15) is 0 Å². The predicted octanol–water partition coefficient (Wildman–Crippen LogP) is 6.37. The third-order valence-electron chi connectivity index (χ3n) is 10.7. The highest BCUT2D eigenvalue weighted by atomic mass is 16.7. The molecule has 0 spiro atoms. The van der Waals surface area contributed by atoms with E-state index in [1.807, 2.05) is 30.3 Å². The van der Waals surface area contributed by atoms with E-state index in [-0.39, 0.29) is 35.4 Å². The lowest BCUT2D eigenvalue weighted by Crippen LogP contribution is -2.56. The standard InChI is InChI=1S/C36H51BN2O4/c1-22(2)19-32(37-42-31-20-24(4)25(5)26(6)36(31,7)43-37)39-35(41)30(21-27-14-9-8-10-15-27)38-34(40)29-18-12-17-28-16-11-13-23(3)33(28)29/h8-11,13-16,22-26,30-32H,12,17-21H2,1-7H3,(H,38,40)(H,39,41)/t23?,24?,25?,26?,30-,31-,32+,36+/m0/s1. The molecule has 6 nitrogen and oxygen atoms in total. The lowest BCUT2D eigenvalue weighted by atomic mass is 9.65. The Hall–Kier alpha value is -2.64. The molecule has 1 aliphatic heterocycles. The zero-order valence-electron chi connectivity index (χ0n) is 27.2. The highest BCUT2D eigenvalue weighted by Gasteiger charge is 2.58. The summed E-state index contributed by atoms with van der Waals surface area (Å²) < 4.78 is 13.4. The van der Waals surface area contributed by atoms with Gasteiger partial charge in [-0.15, -0.1) is 0 Å². The Morgan fingerprint density at radius 3 is 2.53 bits per heavy atom. The number of carbonyl (C=O) groups is 2. The summed E-state index contributed by atoms with van der Waals surface area (Å²) in [5, 5.41) is 6.48. The molecule has 0 aromatic heterocycles. The first kappa shape index (κ1) is 31.8. The van der Waals surface area contributed by atoms with E-state index in [1.54, 1.807) is 0 Å². The smallest absolute Gasteiger partial charge is 0.404 e. The Kier molecular flexibility index (Phi) is 9.72. The highest BCUT2D eigenvalue weighted by molar-refractivity contribution is 6.47. The molecule has 1 saturated heterocycles. The summed E-state index contributed by atoms with van der Waals surface area (Å²) in [6, 6.07) is 9.20. The molecule has 0 bridgehead atoms. The van der Waals surface area contributed by atoms with Gasteiger partial charge in [-0.3, -0.25) is 9.59 Å². The zero-order valence-corrected chi connectivity index (χ0v) is 27.2. The van der Waals surface area contributed by atoms with E-state index in [0.717, 1.165) is 48.8 Å². The Labute approximate surface area is 259 Å². The second-order valence-electron chi connectivity index (χ2n) is 14.2. The molecule has 3 aliphatic carbocycles. The van der Waals surface area contributed by atoms with Gasteiger partial charge in [0.05, 0.1) is 17.6 Å². The minimum Gasteiger partial charge on any atom is -0.404 e. The number of benzene rings is 1. The maximum absolute atomic E-state index is 14.1. The topological polar surface area (TPSA) is 76.7 Å². The van der Waals surface area contributed by atoms with Crippen molar-refractivity contribution in [2.75, 3.05) is 0 Å². The van der Waals surface area contributed by atoms with Crippen molar-refractivity contribution in [3.05, 3.63) is 70.8 Å². The Morgan fingerprint density at radius 1 is 1.07 bits per heavy atom. The number of amides is 2. The molecule has 7 heteroatoms. The van der Waals surface area contributed by atoms with Crippen LogP contribution >= 0.6 is 0 Å². The van der Waals surface area contributed by atoms with Gasteiger partial charge in [0.2, 0.25) is 11.8 Å². The fourth-order valence-electron chi connectivity index (χ4n) is 7.75. The van der Waals surface area contributed by atoms with Crippen LogP contribution in [0.25, 0.3) is 0 Å². The molecular formula is C36H51BN2O4. The largest absolute Gasteiger partial charge is 0.481 e. The van der Waals surface area contributed by atoms with Crippen molar-refractivity contribution in [3.8, 4) is 0 Å². The quantitative estimate of drug-likeness (QED) is 0.330. The molecule has 4 unspecified atom stereocenters. The fraction of sp³-hybridized carbons (Fsp3) is 0.611. The van der Waals surface area contributed by atoms with Gasteiger partial charge in [-0.1, -0.05) is 90.1 Å². The Morgan fingerprint density at radius 2 is 1.81 bits per heavy atom. The summed E-state index contributed by atoms with van der Waals surface area (Å²) in [4.78, 5) is 28.0. The number of rotatable bonds is 9. The van der Waals surface area contributed by atoms with Crippen LogP contribution < -0.4 is 10.6 Å². The van der Waals surface area contributed by atoms with Gasteiger partial charge >= 0.3 is 7.12 Å². The second kappa shape index (κ2) is 13.2. The van der Waals surface area contributed by atoms with E-state index in [0.29, 0.717) is 30.1 Å². The molecule has 232 valence electrons. The van der Waals surface area contributed by atoms with E-state index in [9.17, 15) is 9.59 Å². The average Bonchev–Trinajstić information content (AvgIpc) is 3.32. The predicted molar refractivity (Wildman–Crippen MR) is 173 cm³/mol. The molecule has 2 fully saturated rings. The maximum Gasteiger partial charge on any atom is 0.481 e. The van der Waals surface area contributed by atoms with Crippen LogP contribution in [0.2, 0.25) is 0 Å². The first-order valence-corrected chi connectivity index (χ1v) is 16.6. The van der Waals surface area contributed by atoms with Crippen LogP contribution in [0.3, 0.4) is 0 Å². The number of fused-ring (bicyclic) bond motifs is 2. The van der Waals surface area contributed by atoms with Gasteiger partial charge in [0, 0.05) is 17.9 Å². The average molecular weight is 587 g/mol. The minimum atomic E-state index is -0.723. The van der Waals surface area contributed by atoms with Gasteiger partial charge in [-0.05, 0) is 79.4 Å². The monoisotopic (exact) mass is 586 g/mol. The molecule has 0 radical (unpaired) electrons. The molecule has 5 rings (SSSR count). The van der Waals surface area contributed by atoms with Crippen LogP contribution in [0, 0.1) is 29.6 Å². The summed E-state index contributed by atoms with van der Waals surface area (Å²) >= 11 is 0. The van der Waals surface area contributed by atoms with Crippen LogP contribution in [0.5, 0.6) is 0 Å². The molecular weight excluding hydrogens is 535 g/mol. The van der Waals surface area contributed by atoms with E-state index in [4.69, 9.17) is 9.31 Å². The molecule has 4 aliphatic rings. The van der Waals surface area contributed by atoms with E-state index >= 15 is 0 Å². The first-order valence-electron chi connectivity index (χ1n) is 16.6. The summed E-state index contributed by atoms with van der Waals surface area (Å²) in [7, 11) is -0.528. The third-order valence-corrected chi connectivity index (χ3v) is 10.7. The zero-order chi connectivity index (χ0) is 30.9. The van der Waals surface area contributed by atoms with Crippen molar-refractivity contribution in [2.24, 2.45) is 29.6 Å². The van der Waals surface area contributed by atoms with Crippen LogP contribution in [0.15, 0.2) is 65.3 Å².